The van der Waals surface area contributed by atoms with Gasteiger partial charge in [0, 0.05) is 25.4 Å². The van der Waals surface area contributed by atoms with E-state index in [9.17, 15) is 43.5 Å². The highest BCUT2D eigenvalue weighted by Gasteiger charge is 2.29. The van der Waals surface area contributed by atoms with Crippen molar-refractivity contribution in [2.24, 2.45) is 23.1 Å². The lowest BCUT2D eigenvalue weighted by molar-refractivity contribution is -0.139. The zero-order chi connectivity index (χ0) is 57.2. The van der Waals surface area contributed by atoms with Gasteiger partial charge in [0.25, 0.3) is 0 Å². The molecule has 0 saturated carbocycles. The van der Waals surface area contributed by atoms with Crippen molar-refractivity contribution in [2.75, 3.05) is 13.1 Å². The molecule has 0 aliphatic carbocycles. The van der Waals surface area contributed by atoms with Crippen molar-refractivity contribution < 1.29 is 62.4 Å². The number of hydrogen-bond donors (Lipinski definition) is 8. The molecule has 0 radical (unpaired) electrons. The fraction of sp³-hybridized carbons (Fsp3) is 0.439. The number of carbonyl (C=O) groups is 8. The predicted molar refractivity (Wildman–Crippen MR) is 291 cm³/mol. The van der Waals surface area contributed by atoms with Crippen LogP contribution in [0.25, 0.3) is 0 Å². The highest BCUT2D eigenvalue weighted by Crippen LogP contribution is 2.17. The minimum atomic E-state index is -1.13. The number of benzene rings is 4. The summed E-state index contributed by atoms with van der Waals surface area (Å²) < 4.78 is 20.6. The van der Waals surface area contributed by atoms with Crippen LogP contribution in [-0.4, -0.2) is 95.5 Å². The number of carboxylic acids is 1. The van der Waals surface area contributed by atoms with Crippen LogP contribution < -0.4 is 38.5 Å². The molecule has 0 fully saturated rings. The molecule has 20 heteroatoms. The number of nitrogens with one attached hydrogen (secondary N) is 4. The maximum atomic E-state index is 13.2. The second-order valence-corrected chi connectivity index (χ2v) is 19.9. The van der Waals surface area contributed by atoms with Gasteiger partial charge in [0.05, 0.1) is 12.1 Å². The molecule has 0 aliphatic rings. The Bertz CT molecular complexity index is 2400. The molecule has 6 amide bonds. The van der Waals surface area contributed by atoms with Gasteiger partial charge in [-0.2, -0.15) is 0 Å². The summed E-state index contributed by atoms with van der Waals surface area (Å²) in [7, 11) is 0. The Hall–Kier alpha value is -8.00. The van der Waals surface area contributed by atoms with Crippen molar-refractivity contribution in [1.82, 2.24) is 21.3 Å². The maximum absolute atomic E-state index is 13.2. The van der Waals surface area contributed by atoms with Gasteiger partial charge in [-0.25, -0.2) is 24.0 Å². The van der Waals surface area contributed by atoms with Crippen molar-refractivity contribution in [3.05, 3.63) is 144 Å². The van der Waals surface area contributed by atoms with Crippen LogP contribution >= 0.6 is 0 Å². The Balaban J connectivity index is 0.000000448. The number of primary amides is 2. The molecule has 420 valence electrons. The van der Waals surface area contributed by atoms with E-state index in [1.54, 1.807) is 41.5 Å². The lowest BCUT2D eigenvalue weighted by atomic mass is 9.90. The summed E-state index contributed by atoms with van der Waals surface area (Å²) in [5.41, 5.74) is 18.4. The minimum Gasteiger partial charge on any atom is -0.480 e. The number of ether oxygens (including phenoxy) is 4. The lowest BCUT2D eigenvalue weighted by Crippen LogP contribution is -2.44. The molecule has 4 aromatic rings. The third-order valence-corrected chi connectivity index (χ3v) is 10.7. The molecule has 4 aromatic carbocycles. The smallest absolute Gasteiger partial charge is 0.408 e. The van der Waals surface area contributed by atoms with Crippen LogP contribution in [-0.2, 0) is 64.2 Å². The molecule has 4 rings (SSSR count). The summed E-state index contributed by atoms with van der Waals surface area (Å²) in [6.07, 6.45) is 0.903. The number of rotatable bonds is 26. The number of nitrogens with two attached hydrogens (primary N) is 3. The monoisotopic (exact) mass is 1070 g/mol. The van der Waals surface area contributed by atoms with Gasteiger partial charge >= 0.3 is 30.3 Å². The van der Waals surface area contributed by atoms with Crippen LogP contribution in [0.3, 0.4) is 0 Å². The molecule has 0 heterocycles. The number of aliphatic carboxylic acids is 1. The Morgan fingerprint density at radius 2 is 0.857 bits per heavy atom. The van der Waals surface area contributed by atoms with Crippen molar-refractivity contribution >= 4 is 47.9 Å². The van der Waals surface area contributed by atoms with Crippen LogP contribution in [0.15, 0.2) is 121 Å². The molecular formula is C57H79N7O13. The molecular weight excluding hydrogens is 991 g/mol. The molecule has 20 nitrogen and oxygen atoms in total. The number of Topliss-reactive ketones (excluding diaryl/α,β-unsaturated/α-hetero) is 1. The van der Waals surface area contributed by atoms with Crippen LogP contribution in [0.4, 0.5) is 19.2 Å². The molecule has 77 heavy (non-hydrogen) atoms. The van der Waals surface area contributed by atoms with Crippen molar-refractivity contribution in [3.8, 4) is 0 Å². The van der Waals surface area contributed by atoms with Crippen LogP contribution in [0.1, 0.15) is 109 Å². The number of hydrogen-bond acceptors (Lipinski definition) is 13. The van der Waals surface area contributed by atoms with E-state index in [1.807, 2.05) is 121 Å². The second-order valence-electron chi connectivity index (χ2n) is 19.9. The predicted octanol–water partition coefficient (Wildman–Crippen LogP) is 7.38. The van der Waals surface area contributed by atoms with E-state index in [4.69, 9.17) is 36.1 Å². The normalized spacial score (nSPS) is 12.4. The van der Waals surface area contributed by atoms with Crippen LogP contribution in [0, 0.1) is 5.92 Å². The van der Waals surface area contributed by atoms with Gasteiger partial charge in [0.15, 0.2) is 5.78 Å². The average molecular weight is 1070 g/mol. The number of carbonyl (C=O) groups excluding carboxylic acids is 7. The largest absolute Gasteiger partial charge is 0.480 e. The zero-order valence-corrected chi connectivity index (χ0v) is 45.1. The summed E-state index contributed by atoms with van der Waals surface area (Å²) in [5, 5.41) is 19.5. The summed E-state index contributed by atoms with van der Waals surface area (Å²) in [5.74, 6) is -3.16. The Morgan fingerprint density at radius 1 is 0.494 bits per heavy atom. The molecule has 0 aromatic heterocycles. The van der Waals surface area contributed by atoms with Gasteiger partial charge in [-0.05, 0) is 115 Å². The molecule has 4 atom stereocenters. The summed E-state index contributed by atoms with van der Waals surface area (Å²) in [6.45, 7) is 11.4. The molecule has 2 unspecified atom stereocenters. The number of unbranched alkanes of at least 4 members (excludes halogenated alkanes) is 2. The fourth-order valence-corrected chi connectivity index (χ4v) is 6.87. The minimum absolute atomic E-state index is 0.102. The number of amides is 6. The SMILES string of the molecule is CC(C)(C)OC(=O)N[C@@H](CCCCNC(=O)OCc1ccccc1)C(=O)CC(Cc1ccccc1)C(N)=O.CC(C)(C)OC(=O)N[C@@H](CCCCNC(=O)OCc1ccccc1)C(=O)O.NC(=O)C(N)Cc1ccccc1. The lowest BCUT2D eigenvalue weighted by Gasteiger charge is -2.24. The van der Waals surface area contributed by atoms with Crippen molar-refractivity contribution in [1.29, 1.82) is 0 Å². The summed E-state index contributed by atoms with van der Waals surface area (Å²) in [6, 6.07) is 35.1. The van der Waals surface area contributed by atoms with Crippen molar-refractivity contribution in [3.63, 3.8) is 0 Å². The number of alkyl carbamates (subject to hydrolysis) is 4. The summed E-state index contributed by atoms with van der Waals surface area (Å²) in [4.78, 5) is 94.7. The van der Waals surface area contributed by atoms with Crippen molar-refractivity contribution in [2.45, 2.75) is 142 Å². The second kappa shape index (κ2) is 35.3. The van der Waals surface area contributed by atoms with E-state index >= 15 is 0 Å². The fourth-order valence-electron chi connectivity index (χ4n) is 6.87. The standard InChI is InChI=1S/C29H39N3O6.C19H28N2O6.C9H12N2O/c1-29(2,3)38-28(36)32-24(25(33)19-23(26(30)34)18-21-12-6-4-7-13-21)16-10-11-17-31-27(35)37-20-22-14-8-5-9-15-22;1-19(2,3)27-18(25)21-15(16(22)23)11-7-8-12-20-17(24)26-13-14-9-5-4-6-10-14;10-8(9(11)12)6-7-4-2-1-3-5-7/h4-9,12-15,23-24H,10-11,16-20H2,1-3H3,(H2,30,34)(H,31,35)(H,32,36);4-6,9-10,15H,7-8,11-13H2,1-3H3,(H,20,24)(H,21,25)(H,22,23);1-5,8H,6,10H2,(H2,11,12)/t23?,24-;15-;/m00./s1. The first-order valence-electron chi connectivity index (χ1n) is 25.5. The zero-order valence-electron chi connectivity index (χ0n) is 45.1. The summed E-state index contributed by atoms with van der Waals surface area (Å²) >= 11 is 0. The first-order chi connectivity index (χ1) is 36.4. The molecule has 11 N–H and O–H groups in total. The first kappa shape index (κ1) is 65.1. The third-order valence-electron chi connectivity index (χ3n) is 10.7. The van der Waals surface area contributed by atoms with E-state index in [0.29, 0.717) is 58.0 Å². The van der Waals surface area contributed by atoms with Gasteiger partial charge in [-0.3, -0.25) is 14.4 Å². The van der Waals surface area contributed by atoms with E-state index in [0.717, 1.165) is 22.3 Å². The molecule has 0 bridgehead atoms. The van der Waals surface area contributed by atoms with E-state index in [-0.39, 0.29) is 31.8 Å². The molecule has 0 spiro atoms. The molecule has 0 aliphatic heterocycles. The van der Waals surface area contributed by atoms with Gasteiger partial charge < -0.3 is 62.5 Å². The Labute approximate surface area is 451 Å². The average Bonchev–Trinajstić information content (AvgIpc) is 3.36. The van der Waals surface area contributed by atoms with Gasteiger partial charge in [-0.15, -0.1) is 0 Å². The maximum Gasteiger partial charge on any atom is 0.408 e. The highest BCUT2D eigenvalue weighted by atomic mass is 16.6. The first-order valence-corrected chi connectivity index (χ1v) is 25.5. The quantitative estimate of drug-likeness (QED) is 0.0225. The topological polar surface area (TPSA) is 320 Å². The third kappa shape index (κ3) is 32.1. The van der Waals surface area contributed by atoms with E-state index in [2.05, 4.69) is 21.3 Å². The van der Waals surface area contributed by atoms with Gasteiger partial charge in [-0.1, -0.05) is 121 Å². The van der Waals surface area contributed by atoms with Crippen LogP contribution in [0.2, 0.25) is 0 Å². The Morgan fingerprint density at radius 3 is 1.22 bits per heavy atom. The van der Waals surface area contributed by atoms with Gasteiger partial charge in [0.2, 0.25) is 11.8 Å². The van der Waals surface area contributed by atoms with Crippen LogP contribution in [0.5, 0.6) is 0 Å². The highest BCUT2D eigenvalue weighted by molar-refractivity contribution is 5.91. The number of ketones is 1. The number of carboxylic acid groups (broad SMARTS) is 1. The van der Waals surface area contributed by atoms with E-state index in [1.165, 1.54) is 0 Å². The van der Waals surface area contributed by atoms with E-state index < -0.39 is 77.4 Å². The molecule has 0 saturated heterocycles. The Kier molecular flexibility index (Phi) is 29.8. The van der Waals surface area contributed by atoms with Gasteiger partial charge in [0.1, 0.15) is 30.5 Å².